The Bertz CT molecular complexity index is 2290. The number of nitrogens with zero attached hydrogens (tertiary/aromatic N) is 2. The van der Waals surface area contributed by atoms with Crippen LogP contribution in [-0.4, -0.2) is 160 Å². The summed E-state index contributed by atoms with van der Waals surface area (Å²) in [5.41, 5.74) is 22.7. The second kappa shape index (κ2) is 28.7. The Kier molecular flexibility index (Phi) is 22.9. The normalized spacial score (nSPS) is 22.5. The van der Waals surface area contributed by atoms with Crippen LogP contribution in [0.1, 0.15) is 56.6 Å². The summed E-state index contributed by atoms with van der Waals surface area (Å²) in [5, 5.41) is 38.4. The van der Waals surface area contributed by atoms with Gasteiger partial charge < -0.3 is 75.3 Å². The minimum Gasteiger partial charge on any atom is -0.508 e. The van der Waals surface area contributed by atoms with Crippen molar-refractivity contribution in [2.45, 2.75) is 107 Å². The van der Waals surface area contributed by atoms with Gasteiger partial charge in [0.2, 0.25) is 59.1 Å². The first-order chi connectivity index (χ1) is 34.2. The van der Waals surface area contributed by atoms with Crippen LogP contribution in [0.4, 0.5) is 0 Å². The molecule has 0 radical (unpaired) electrons. The van der Waals surface area contributed by atoms with E-state index in [1.165, 1.54) is 24.0 Å². The van der Waals surface area contributed by atoms with E-state index in [9.17, 15) is 58.2 Å². The molecular weight excluding hydrogens is 979 g/mol. The van der Waals surface area contributed by atoms with Crippen LogP contribution < -0.4 is 60.2 Å². The molecule has 72 heavy (non-hydrogen) atoms. The molecule has 2 saturated heterocycles. The molecule has 2 aromatic rings. The summed E-state index contributed by atoms with van der Waals surface area (Å²) in [4.78, 5) is 140. The summed E-state index contributed by atoms with van der Waals surface area (Å²) in [6, 6.07) is 4.41. The number of aliphatic imine (C=N–C) groups is 1. The molecule has 2 heterocycles. The zero-order valence-corrected chi connectivity index (χ0v) is 41.1. The molecule has 2 aromatic carbocycles. The van der Waals surface area contributed by atoms with Crippen molar-refractivity contribution in [3.63, 3.8) is 0 Å². The fourth-order valence-electron chi connectivity index (χ4n) is 7.60. The predicted octanol–water partition coefficient (Wildman–Crippen LogP) is -4.23. The van der Waals surface area contributed by atoms with E-state index in [0.29, 0.717) is 17.5 Å². The van der Waals surface area contributed by atoms with Gasteiger partial charge in [-0.05, 0) is 55.9 Å². The van der Waals surface area contributed by atoms with Gasteiger partial charge in [0.1, 0.15) is 48.0 Å². The molecule has 10 amide bonds. The molecular formula is C45H63N13O12S2. The highest BCUT2D eigenvalue weighted by molar-refractivity contribution is 8.76. The van der Waals surface area contributed by atoms with Crippen molar-refractivity contribution in [1.82, 2.24) is 42.1 Å². The number of aliphatic hydroxyl groups excluding tert-OH is 1. The lowest BCUT2D eigenvalue weighted by atomic mass is 10.0. The molecule has 4 rings (SSSR count). The number of rotatable bonds is 17. The molecule has 0 aliphatic carbocycles. The maximum absolute atomic E-state index is 14.5. The Morgan fingerprint density at radius 2 is 1.42 bits per heavy atom. The lowest BCUT2D eigenvalue weighted by Crippen LogP contribution is -2.62. The van der Waals surface area contributed by atoms with E-state index in [4.69, 9.17) is 22.9 Å². The minimum absolute atomic E-state index is 0.0193. The van der Waals surface area contributed by atoms with Crippen LogP contribution >= 0.6 is 21.6 Å². The van der Waals surface area contributed by atoms with Gasteiger partial charge in [-0.3, -0.25) is 52.9 Å². The Labute approximate surface area is 422 Å². The number of phenols is 1. The number of hydrogen-bond acceptors (Lipinski definition) is 15. The van der Waals surface area contributed by atoms with Gasteiger partial charge in [-0.25, -0.2) is 0 Å². The summed E-state index contributed by atoms with van der Waals surface area (Å²) >= 11 is 0. The Hall–Kier alpha value is -7.13. The topological polar surface area (TPSA) is 415 Å². The third kappa shape index (κ3) is 18.9. The standard InChI is InChI=1S/C45H63N13O12S2/c1-24(59)37-43(69)55-31(21-34(46)61)40(66)56-32(44(70)58-17-6-10-33(58)42(68)53-28(9-5-16-50-45(48)49)38(64)51-22-35(47)62)23-72-71-18-15-36(63)52-29(20-26-11-13-27(60)14-12-26)39(65)54-30(41(67)57-37)19-25-7-3-2-4-8-25/h2-4,7-8,11-14,24,28-33,37,59-60H,5-6,9-10,15-23H2,1H3,(H2,46,61)(H2,47,62)(H,51,64)(H,52,63)(H,53,68)(H,54,65)(H,55,69)(H,56,66)(H,57,67)(H4,48,49,50)/t24-,28+,29+,30+,31+,32+,33+,37+/m1/s1. The number of aliphatic hydroxyl groups is 1. The maximum Gasteiger partial charge on any atom is 0.246 e. The molecule has 392 valence electrons. The predicted molar refractivity (Wildman–Crippen MR) is 265 cm³/mol. The van der Waals surface area contributed by atoms with Crippen molar-refractivity contribution >= 4 is 86.6 Å². The summed E-state index contributed by atoms with van der Waals surface area (Å²) in [5.74, 6) is -8.92. The van der Waals surface area contributed by atoms with Crippen molar-refractivity contribution < 1.29 is 58.2 Å². The van der Waals surface area contributed by atoms with Crippen LogP contribution in [0.25, 0.3) is 0 Å². The molecule has 0 bridgehead atoms. The molecule has 0 saturated carbocycles. The van der Waals surface area contributed by atoms with Gasteiger partial charge in [-0.15, -0.1) is 0 Å². The van der Waals surface area contributed by atoms with Gasteiger partial charge in [0.15, 0.2) is 5.96 Å². The molecule has 8 atom stereocenters. The van der Waals surface area contributed by atoms with Crippen molar-refractivity contribution in [2.75, 3.05) is 31.1 Å². The number of amides is 10. The molecule has 0 unspecified atom stereocenters. The fourth-order valence-corrected chi connectivity index (χ4v) is 9.75. The number of guanidine groups is 1. The molecule has 17 N–H and O–H groups in total. The van der Waals surface area contributed by atoms with Gasteiger partial charge in [0.25, 0.3) is 0 Å². The Morgan fingerprint density at radius 3 is 2.06 bits per heavy atom. The monoisotopic (exact) mass is 1040 g/mol. The molecule has 2 aliphatic rings. The molecule has 2 aliphatic heterocycles. The van der Waals surface area contributed by atoms with Gasteiger partial charge in [0, 0.05) is 43.9 Å². The van der Waals surface area contributed by atoms with Crippen molar-refractivity contribution in [3.05, 3.63) is 65.7 Å². The smallest absolute Gasteiger partial charge is 0.246 e. The maximum atomic E-state index is 14.5. The van der Waals surface area contributed by atoms with E-state index in [1.54, 1.807) is 42.5 Å². The highest BCUT2D eigenvalue weighted by Gasteiger charge is 2.41. The van der Waals surface area contributed by atoms with Crippen molar-refractivity contribution in [1.29, 1.82) is 0 Å². The molecule has 2 fully saturated rings. The third-order valence-corrected chi connectivity index (χ3v) is 13.7. The SMILES string of the molecule is C[C@@H](O)[C@@H]1NC(=O)[C@H](Cc2ccccc2)NC(=O)[C@H](Cc2ccc(O)cc2)NC(=O)CCSSC[C@@H](C(=O)N2CCC[C@H]2C(=O)N[C@@H](CCCN=C(N)N)C(=O)NCC(N)=O)NC(=O)[C@H](CC(N)=O)NC1=O. The summed E-state index contributed by atoms with van der Waals surface area (Å²) in [6.45, 7) is 0.793. The average Bonchev–Trinajstić information content (AvgIpc) is 3.83. The number of aromatic hydroxyl groups is 1. The number of hydrogen-bond donors (Lipinski definition) is 13. The quantitative estimate of drug-likeness (QED) is 0.0309. The molecule has 27 heteroatoms. The lowest BCUT2D eigenvalue weighted by molar-refractivity contribution is -0.142. The molecule has 0 aromatic heterocycles. The van der Waals surface area contributed by atoms with Crippen LogP contribution in [0, 0.1) is 0 Å². The van der Waals surface area contributed by atoms with Crippen molar-refractivity contribution in [3.8, 4) is 5.75 Å². The van der Waals surface area contributed by atoms with Crippen molar-refractivity contribution in [2.24, 2.45) is 27.9 Å². The minimum atomic E-state index is -1.80. The second-order valence-corrected chi connectivity index (χ2v) is 19.6. The van der Waals surface area contributed by atoms with E-state index in [2.05, 4.69) is 42.2 Å². The van der Waals surface area contributed by atoms with E-state index in [1.807, 2.05) is 0 Å². The zero-order valence-electron chi connectivity index (χ0n) is 39.5. The number of benzene rings is 2. The number of nitrogens with two attached hydrogens (primary N) is 4. The highest BCUT2D eigenvalue weighted by atomic mass is 33.1. The lowest BCUT2D eigenvalue weighted by Gasteiger charge is -2.31. The van der Waals surface area contributed by atoms with Crippen LogP contribution in [0.5, 0.6) is 5.75 Å². The van der Waals surface area contributed by atoms with Gasteiger partial charge >= 0.3 is 0 Å². The summed E-state index contributed by atoms with van der Waals surface area (Å²) in [7, 11) is 2.20. The van der Waals surface area contributed by atoms with E-state index < -0.39 is 120 Å². The van der Waals surface area contributed by atoms with Crippen LogP contribution in [-0.2, 0) is 60.8 Å². The Balaban J connectivity index is 1.66. The zero-order chi connectivity index (χ0) is 52.9. The third-order valence-electron chi connectivity index (χ3n) is 11.2. The number of nitrogens with one attached hydrogen (secondary N) is 7. The number of phenolic OH excluding ortho intramolecular Hbond substituents is 1. The summed E-state index contributed by atoms with van der Waals surface area (Å²) in [6.07, 6.45) is -2.05. The largest absolute Gasteiger partial charge is 0.508 e. The van der Waals surface area contributed by atoms with Gasteiger partial charge in [-0.2, -0.15) is 0 Å². The van der Waals surface area contributed by atoms with Gasteiger partial charge in [0.05, 0.1) is 19.1 Å². The number of likely N-dealkylation sites (tertiary alicyclic amines) is 1. The van der Waals surface area contributed by atoms with Gasteiger partial charge in [-0.1, -0.05) is 64.1 Å². The average molecular weight is 1040 g/mol. The van der Waals surface area contributed by atoms with E-state index in [0.717, 1.165) is 21.6 Å². The number of carbonyl (C=O) groups is 10. The fraction of sp³-hybridized carbons (Fsp3) is 0.489. The first-order valence-corrected chi connectivity index (χ1v) is 25.5. The first kappa shape index (κ1) is 57.4. The number of primary amides is 2. The highest BCUT2D eigenvalue weighted by Crippen LogP contribution is 2.26. The van der Waals surface area contributed by atoms with Crippen LogP contribution in [0.2, 0.25) is 0 Å². The molecule has 0 spiro atoms. The second-order valence-electron chi connectivity index (χ2n) is 17.0. The van der Waals surface area contributed by atoms with E-state index >= 15 is 0 Å². The number of carbonyl (C=O) groups excluding carboxylic acids is 10. The van der Waals surface area contributed by atoms with E-state index in [-0.39, 0.29) is 74.8 Å². The summed E-state index contributed by atoms with van der Waals surface area (Å²) < 4.78 is 0. The molecule has 25 nitrogen and oxygen atoms in total. The first-order valence-electron chi connectivity index (χ1n) is 23.0. The van der Waals surface area contributed by atoms with Crippen LogP contribution in [0.3, 0.4) is 0 Å². The Morgan fingerprint density at radius 1 is 0.792 bits per heavy atom. The van der Waals surface area contributed by atoms with Crippen LogP contribution in [0.15, 0.2) is 59.6 Å².